The van der Waals surface area contributed by atoms with Gasteiger partial charge in [-0.05, 0) is 49.3 Å². The topological polar surface area (TPSA) is 98.9 Å². The second-order valence-corrected chi connectivity index (χ2v) is 7.92. The Hall–Kier alpha value is -3.07. The lowest BCUT2D eigenvalue weighted by Gasteiger charge is -2.15. The molecular weight excluding hydrogens is 390 g/mol. The molecule has 0 fully saturated rings. The van der Waals surface area contributed by atoms with Crippen LogP contribution in [0.15, 0.2) is 45.3 Å². The highest BCUT2D eigenvalue weighted by Gasteiger charge is 2.19. The summed E-state index contributed by atoms with van der Waals surface area (Å²) >= 11 is 1.51. The third-order valence-corrected chi connectivity index (χ3v) is 5.88. The molecule has 1 unspecified atom stereocenters. The average molecular weight is 411 g/mol. The normalized spacial score (nSPS) is 13.8. The molecule has 1 amide bonds. The molecule has 0 aromatic carbocycles. The van der Waals surface area contributed by atoms with E-state index in [1.807, 2.05) is 17.5 Å². The molecule has 9 heteroatoms. The standard InChI is InChI=1S/C20H21N5O3S/c1-13(25-18(26)8-7-16(23-25)17-6-3-11-29-17)20(28)21-9-10-24-19(27)12-14-4-2-5-15(14)22-24/h3,6-8,11-13H,2,4-5,9-10H2,1H3,(H,21,28). The molecule has 1 atom stereocenters. The second kappa shape index (κ2) is 8.12. The van der Waals surface area contributed by atoms with Crippen molar-refractivity contribution < 1.29 is 4.79 Å². The summed E-state index contributed by atoms with van der Waals surface area (Å²) < 4.78 is 2.57. The zero-order valence-electron chi connectivity index (χ0n) is 16.0. The van der Waals surface area contributed by atoms with Crippen LogP contribution in [0, 0.1) is 0 Å². The van der Waals surface area contributed by atoms with Gasteiger partial charge in [-0.2, -0.15) is 10.2 Å². The Kier molecular flexibility index (Phi) is 5.39. The van der Waals surface area contributed by atoms with E-state index < -0.39 is 6.04 Å². The van der Waals surface area contributed by atoms with Crippen molar-refractivity contribution in [2.24, 2.45) is 0 Å². The number of fused-ring (bicyclic) bond motifs is 1. The summed E-state index contributed by atoms with van der Waals surface area (Å²) in [6, 6.07) is 7.75. The van der Waals surface area contributed by atoms with E-state index in [1.54, 1.807) is 19.1 Å². The van der Waals surface area contributed by atoms with Crippen LogP contribution in [0.2, 0.25) is 0 Å². The van der Waals surface area contributed by atoms with Crippen molar-refractivity contribution in [2.75, 3.05) is 6.54 Å². The summed E-state index contributed by atoms with van der Waals surface area (Å²) in [5.74, 6) is -0.336. The predicted octanol–water partition coefficient (Wildman–Crippen LogP) is 1.39. The molecule has 150 valence electrons. The SMILES string of the molecule is CC(C(=O)NCCn1nc2c(cc1=O)CCC2)n1nc(-c2cccs2)ccc1=O. The quantitative estimate of drug-likeness (QED) is 0.661. The third-order valence-electron chi connectivity index (χ3n) is 4.99. The molecule has 3 aromatic rings. The smallest absolute Gasteiger partial charge is 0.267 e. The van der Waals surface area contributed by atoms with Crippen LogP contribution in [-0.4, -0.2) is 32.0 Å². The number of nitrogens with zero attached hydrogens (tertiary/aromatic N) is 4. The molecule has 3 aromatic heterocycles. The van der Waals surface area contributed by atoms with Gasteiger partial charge in [-0.15, -0.1) is 11.3 Å². The number of carbonyl (C=O) groups is 1. The molecule has 1 N–H and O–H groups in total. The van der Waals surface area contributed by atoms with Gasteiger partial charge in [-0.3, -0.25) is 14.4 Å². The molecule has 0 bridgehead atoms. The maximum Gasteiger partial charge on any atom is 0.267 e. The summed E-state index contributed by atoms with van der Waals surface area (Å²) in [7, 11) is 0. The minimum Gasteiger partial charge on any atom is -0.352 e. The van der Waals surface area contributed by atoms with Crippen molar-refractivity contribution in [3.05, 3.63) is 67.7 Å². The van der Waals surface area contributed by atoms with E-state index in [-0.39, 0.29) is 30.1 Å². The number of aryl methyl sites for hydroxylation is 2. The van der Waals surface area contributed by atoms with Gasteiger partial charge in [0.1, 0.15) is 11.7 Å². The van der Waals surface area contributed by atoms with E-state index in [1.165, 1.54) is 26.8 Å². The Balaban J connectivity index is 1.42. The monoisotopic (exact) mass is 411 g/mol. The molecule has 0 spiro atoms. The van der Waals surface area contributed by atoms with E-state index in [9.17, 15) is 14.4 Å². The Labute approximate surface area is 170 Å². The maximum atomic E-state index is 12.5. The minimum atomic E-state index is -0.771. The van der Waals surface area contributed by atoms with Gasteiger partial charge in [0.05, 0.1) is 17.1 Å². The van der Waals surface area contributed by atoms with Gasteiger partial charge in [0, 0.05) is 18.7 Å². The number of aromatic nitrogens is 4. The molecular formula is C20H21N5O3S. The van der Waals surface area contributed by atoms with Crippen LogP contribution >= 0.6 is 11.3 Å². The first-order valence-corrected chi connectivity index (χ1v) is 10.4. The van der Waals surface area contributed by atoms with E-state index >= 15 is 0 Å². The number of carbonyl (C=O) groups excluding carboxylic acids is 1. The van der Waals surface area contributed by atoms with Crippen LogP contribution < -0.4 is 16.4 Å². The molecule has 3 heterocycles. The van der Waals surface area contributed by atoms with Crippen LogP contribution in [0.1, 0.15) is 30.6 Å². The number of rotatable bonds is 6. The molecule has 0 saturated carbocycles. The van der Waals surface area contributed by atoms with Crippen molar-refractivity contribution in [1.82, 2.24) is 24.9 Å². The molecule has 8 nitrogen and oxygen atoms in total. The highest BCUT2D eigenvalue weighted by Crippen LogP contribution is 2.21. The van der Waals surface area contributed by atoms with E-state index in [0.29, 0.717) is 5.69 Å². The fourth-order valence-corrected chi connectivity index (χ4v) is 4.09. The highest BCUT2D eigenvalue weighted by atomic mass is 32.1. The molecule has 29 heavy (non-hydrogen) atoms. The van der Waals surface area contributed by atoms with E-state index in [2.05, 4.69) is 15.5 Å². The number of nitrogens with one attached hydrogen (secondary N) is 1. The van der Waals surface area contributed by atoms with Crippen LogP contribution in [0.4, 0.5) is 0 Å². The van der Waals surface area contributed by atoms with Crippen molar-refractivity contribution in [1.29, 1.82) is 0 Å². The summed E-state index contributed by atoms with van der Waals surface area (Å²) in [6.07, 6.45) is 2.81. The van der Waals surface area contributed by atoms with Gasteiger partial charge < -0.3 is 5.32 Å². The number of thiophene rings is 1. The molecule has 0 aliphatic heterocycles. The molecule has 4 rings (SSSR count). The van der Waals surface area contributed by atoms with Gasteiger partial charge in [0.2, 0.25) is 5.91 Å². The van der Waals surface area contributed by atoms with E-state index in [4.69, 9.17) is 0 Å². The number of hydrogen-bond acceptors (Lipinski definition) is 6. The summed E-state index contributed by atoms with van der Waals surface area (Å²) in [5, 5.41) is 13.4. The van der Waals surface area contributed by atoms with Gasteiger partial charge >= 0.3 is 0 Å². The number of hydrogen-bond donors (Lipinski definition) is 1. The minimum absolute atomic E-state index is 0.158. The zero-order chi connectivity index (χ0) is 20.4. The Bertz CT molecular complexity index is 1150. The van der Waals surface area contributed by atoms with Crippen molar-refractivity contribution in [2.45, 2.75) is 38.8 Å². The first-order valence-electron chi connectivity index (χ1n) is 9.54. The summed E-state index contributed by atoms with van der Waals surface area (Å²) in [6.45, 7) is 2.15. The maximum absolute atomic E-state index is 12.5. The van der Waals surface area contributed by atoms with Gasteiger partial charge in [0.15, 0.2) is 0 Å². The second-order valence-electron chi connectivity index (χ2n) is 6.98. The molecule has 0 saturated heterocycles. The first kappa shape index (κ1) is 19.3. The van der Waals surface area contributed by atoms with Crippen LogP contribution in [-0.2, 0) is 24.2 Å². The van der Waals surface area contributed by atoms with Crippen LogP contribution in [0.5, 0.6) is 0 Å². The lowest BCUT2D eigenvalue weighted by atomic mass is 10.2. The Morgan fingerprint density at radius 3 is 2.86 bits per heavy atom. The fourth-order valence-electron chi connectivity index (χ4n) is 3.40. The molecule has 1 aliphatic rings. The van der Waals surface area contributed by atoms with Gasteiger partial charge in [0.25, 0.3) is 11.1 Å². The average Bonchev–Trinajstić information content (AvgIpc) is 3.39. The lowest BCUT2D eigenvalue weighted by Crippen LogP contribution is -2.39. The Morgan fingerprint density at radius 1 is 1.21 bits per heavy atom. The highest BCUT2D eigenvalue weighted by molar-refractivity contribution is 7.13. The Morgan fingerprint density at radius 2 is 2.07 bits per heavy atom. The van der Waals surface area contributed by atoms with Crippen molar-refractivity contribution in [3.63, 3.8) is 0 Å². The summed E-state index contributed by atoms with van der Waals surface area (Å²) in [4.78, 5) is 37.8. The molecule has 1 aliphatic carbocycles. The van der Waals surface area contributed by atoms with Gasteiger partial charge in [-0.25, -0.2) is 9.36 Å². The molecule has 0 radical (unpaired) electrons. The van der Waals surface area contributed by atoms with Crippen molar-refractivity contribution >= 4 is 17.2 Å². The van der Waals surface area contributed by atoms with Crippen LogP contribution in [0.3, 0.4) is 0 Å². The number of amides is 1. The van der Waals surface area contributed by atoms with Crippen LogP contribution in [0.25, 0.3) is 10.6 Å². The summed E-state index contributed by atoms with van der Waals surface area (Å²) in [5.41, 5.74) is 2.14. The van der Waals surface area contributed by atoms with Gasteiger partial charge in [-0.1, -0.05) is 6.07 Å². The fraction of sp³-hybridized carbons (Fsp3) is 0.350. The first-order chi connectivity index (χ1) is 14.0. The largest absolute Gasteiger partial charge is 0.352 e. The zero-order valence-corrected chi connectivity index (χ0v) is 16.8. The van der Waals surface area contributed by atoms with Crippen molar-refractivity contribution in [3.8, 4) is 10.6 Å². The lowest BCUT2D eigenvalue weighted by molar-refractivity contribution is -0.124. The predicted molar refractivity (Wildman–Crippen MR) is 110 cm³/mol. The third kappa shape index (κ3) is 4.04. The van der Waals surface area contributed by atoms with E-state index in [0.717, 1.165) is 35.4 Å².